The molecule has 0 bridgehead atoms. The lowest BCUT2D eigenvalue weighted by Gasteiger charge is -2.03. The van der Waals surface area contributed by atoms with E-state index >= 15 is 0 Å². The first kappa shape index (κ1) is 8.43. The van der Waals surface area contributed by atoms with Gasteiger partial charge < -0.3 is 4.74 Å². The van der Waals surface area contributed by atoms with Crippen LogP contribution >= 0.6 is 0 Å². The lowest BCUT2D eigenvalue weighted by molar-refractivity contribution is 0.416. The minimum Gasteiger partial charge on any atom is -0.496 e. The van der Waals surface area contributed by atoms with Gasteiger partial charge in [0.2, 0.25) is 0 Å². The third kappa shape index (κ3) is 1.68. The van der Waals surface area contributed by atoms with E-state index in [-0.39, 0.29) is 0 Å². The molecule has 0 saturated carbocycles. The molecule has 0 radical (unpaired) electrons. The van der Waals surface area contributed by atoms with E-state index in [0.29, 0.717) is 11.4 Å². The van der Waals surface area contributed by atoms with Crippen molar-refractivity contribution in [1.82, 2.24) is 0 Å². The van der Waals surface area contributed by atoms with Crippen molar-refractivity contribution in [2.24, 2.45) is 5.11 Å². The van der Waals surface area contributed by atoms with E-state index in [4.69, 9.17) is 10.3 Å². The molecule has 12 heavy (non-hydrogen) atoms. The van der Waals surface area contributed by atoms with Gasteiger partial charge in [-0.05, 0) is 30.2 Å². The first-order chi connectivity index (χ1) is 5.77. The summed E-state index contributed by atoms with van der Waals surface area (Å²) in [5.41, 5.74) is 9.80. The minimum atomic E-state index is 0.519. The van der Waals surface area contributed by atoms with Crippen LogP contribution in [0.4, 0.5) is 5.69 Å². The number of hydrogen-bond donors (Lipinski definition) is 0. The van der Waals surface area contributed by atoms with Gasteiger partial charge >= 0.3 is 0 Å². The van der Waals surface area contributed by atoms with Gasteiger partial charge in [0.05, 0.1) is 12.8 Å². The smallest absolute Gasteiger partial charge is 0.128 e. The van der Waals surface area contributed by atoms with E-state index in [1.807, 2.05) is 19.1 Å². The standard InChI is InChI=1S/C8H9N3O/c1-6-3-4-7(10-11-9)8(5-6)12-2/h3-5H,1-2H3. The van der Waals surface area contributed by atoms with Gasteiger partial charge in [0, 0.05) is 4.91 Å². The molecule has 4 nitrogen and oxygen atoms in total. The molecule has 0 aliphatic rings. The van der Waals surface area contributed by atoms with E-state index in [1.54, 1.807) is 13.2 Å². The SMILES string of the molecule is COc1cc(C)ccc1N=[N+]=[N-]. The summed E-state index contributed by atoms with van der Waals surface area (Å²) in [4.78, 5) is 2.69. The maximum Gasteiger partial charge on any atom is 0.128 e. The molecule has 0 spiro atoms. The maximum absolute atomic E-state index is 8.21. The topological polar surface area (TPSA) is 58.0 Å². The van der Waals surface area contributed by atoms with Gasteiger partial charge in [-0.25, -0.2) is 0 Å². The van der Waals surface area contributed by atoms with Gasteiger partial charge in [0.1, 0.15) is 5.75 Å². The molecule has 0 fully saturated rings. The van der Waals surface area contributed by atoms with Gasteiger partial charge in [-0.3, -0.25) is 0 Å². The minimum absolute atomic E-state index is 0.519. The molecule has 0 saturated heterocycles. The van der Waals surface area contributed by atoms with Crippen LogP contribution in [0.5, 0.6) is 5.75 Å². The fraction of sp³-hybridized carbons (Fsp3) is 0.250. The molecule has 0 aliphatic heterocycles. The number of methoxy groups -OCH3 is 1. The highest BCUT2D eigenvalue weighted by atomic mass is 16.5. The Morgan fingerprint density at radius 1 is 1.50 bits per heavy atom. The highest BCUT2D eigenvalue weighted by Gasteiger charge is 1.98. The summed E-state index contributed by atoms with van der Waals surface area (Å²) in [5, 5.41) is 3.47. The van der Waals surface area contributed by atoms with Crippen molar-refractivity contribution in [3.63, 3.8) is 0 Å². The summed E-state index contributed by atoms with van der Waals surface area (Å²) in [7, 11) is 1.55. The Morgan fingerprint density at radius 3 is 2.83 bits per heavy atom. The number of azide groups is 1. The highest BCUT2D eigenvalue weighted by Crippen LogP contribution is 2.27. The van der Waals surface area contributed by atoms with Crippen molar-refractivity contribution in [2.75, 3.05) is 7.11 Å². The third-order valence-corrected chi connectivity index (χ3v) is 1.49. The molecule has 62 valence electrons. The molecule has 0 unspecified atom stereocenters. The van der Waals surface area contributed by atoms with Crippen LogP contribution < -0.4 is 4.74 Å². The van der Waals surface area contributed by atoms with Gasteiger partial charge in [-0.1, -0.05) is 11.2 Å². The average Bonchev–Trinajstić information content (AvgIpc) is 2.08. The van der Waals surface area contributed by atoms with Gasteiger partial charge in [-0.15, -0.1) is 0 Å². The first-order valence-corrected chi connectivity index (χ1v) is 3.47. The van der Waals surface area contributed by atoms with Crippen molar-refractivity contribution >= 4 is 5.69 Å². The fourth-order valence-corrected chi connectivity index (χ4v) is 0.916. The Kier molecular flexibility index (Phi) is 2.56. The number of benzene rings is 1. The predicted molar refractivity (Wildman–Crippen MR) is 46.5 cm³/mol. The van der Waals surface area contributed by atoms with Crippen LogP contribution in [0.25, 0.3) is 10.4 Å². The number of rotatable bonds is 2. The van der Waals surface area contributed by atoms with Gasteiger partial charge in [-0.2, -0.15) is 0 Å². The quantitative estimate of drug-likeness (QED) is 0.375. The van der Waals surface area contributed by atoms with Crippen LogP contribution in [0, 0.1) is 6.92 Å². The van der Waals surface area contributed by atoms with E-state index in [1.165, 1.54) is 0 Å². The lowest BCUT2D eigenvalue weighted by Crippen LogP contribution is -1.83. The van der Waals surface area contributed by atoms with E-state index in [9.17, 15) is 0 Å². The van der Waals surface area contributed by atoms with Crippen molar-refractivity contribution in [2.45, 2.75) is 6.92 Å². The Hall–Kier alpha value is -1.67. The molecule has 0 heterocycles. The predicted octanol–water partition coefficient (Wildman–Crippen LogP) is 2.95. The van der Waals surface area contributed by atoms with Crippen LogP contribution in [0.15, 0.2) is 23.3 Å². The third-order valence-electron chi connectivity index (χ3n) is 1.49. The molecule has 4 heteroatoms. The largest absolute Gasteiger partial charge is 0.496 e. The van der Waals surface area contributed by atoms with Crippen LogP contribution in [-0.4, -0.2) is 7.11 Å². The zero-order valence-corrected chi connectivity index (χ0v) is 6.98. The Morgan fingerprint density at radius 2 is 2.25 bits per heavy atom. The number of ether oxygens (including phenoxy) is 1. The molecule has 1 aromatic carbocycles. The zero-order valence-electron chi connectivity index (χ0n) is 6.98. The molecule has 1 rings (SSSR count). The second-order valence-corrected chi connectivity index (χ2v) is 2.36. The van der Waals surface area contributed by atoms with E-state index < -0.39 is 0 Å². The molecular formula is C8H9N3O. The van der Waals surface area contributed by atoms with Crippen molar-refractivity contribution in [3.8, 4) is 5.75 Å². The van der Waals surface area contributed by atoms with E-state index in [0.717, 1.165) is 5.56 Å². The second kappa shape index (κ2) is 3.64. The van der Waals surface area contributed by atoms with Crippen LogP contribution in [0.2, 0.25) is 0 Å². The van der Waals surface area contributed by atoms with Crippen molar-refractivity contribution < 1.29 is 4.74 Å². The number of nitrogens with zero attached hydrogens (tertiary/aromatic N) is 3. The van der Waals surface area contributed by atoms with Crippen LogP contribution in [0.1, 0.15) is 5.56 Å². The van der Waals surface area contributed by atoms with Crippen molar-refractivity contribution in [3.05, 3.63) is 34.2 Å². The van der Waals surface area contributed by atoms with Gasteiger partial charge in [0.25, 0.3) is 0 Å². The van der Waals surface area contributed by atoms with E-state index in [2.05, 4.69) is 10.0 Å². The fourth-order valence-electron chi connectivity index (χ4n) is 0.916. The summed E-state index contributed by atoms with van der Waals surface area (Å²) >= 11 is 0. The number of hydrogen-bond acceptors (Lipinski definition) is 2. The Labute approximate surface area is 70.4 Å². The summed E-state index contributed by atoms with van der Waals surface area (Å²) in [6.07, 6.45) is 0. The molecule has 1 aromatic rings. The summed E-state index contributed by atoms with van der Waals surface area (Å²) < 4.78 is 5.01. The summed E-state index contributed by atoms with van der Waals surface area (Å²) in [5.74, 6) is 0.604. The summed E-state index contributed by atoms with van der Waals surface area (Å²) in [6, 6.07) is 5.42. The number of aryl methyl sites for hydroxylation is 1. The normalized spacial score (nSPS) is 8.83. The van der Waals surface area contributed by atoms with Crippen LogP contribution in [0.3, 0.4) is 0 Å². The Balaban J connectivity index is 3.19. The Bertz CT molecular complexity index is 329. The van der Waals surface area contributed by atoms with Crippen molar-refractivity contribution in [1.29, 1.82) is 0 Å². The monoisotopic (exact) mass is 163 g/mol. The average molecular weight is 163 g/mol. The molecule has 0 atom stereocenters. The molecule has 0 aliphatic carbocycles. The maximum atomic E-state index is 8.21. The van der Waals surface area contributed by atoms with Gasteiger partial charge in [0.15, 0.2) is 0 Å². The molecule has 0 N–H and O–H groups in total. The molecular weight excluding hydrogens is 154 g/mol. The first-order valence-electron chi connectivity index (χ1n) is 3.47. The molecule has 0 aromatic heterocycles. The lowest BCUT2D eigenvalue weighted by atomic mass is 10.2. The summed E-state index contributed by atoms with van der Waals surface area (Å²) in [6.45, 7) is 1.95. The molecule has 0 amide bonds. The zero-order chi connectivity index (χ0) is 8.97. The highest BCUT2D eigenvalue weighted by molar-refractivity contribution is 5.52. The second-order valence-electron chi connectivity index (χ2n) is 2.36. The van der Waals surface area contributed by atoms with Crippen LogP contribution in [-0.2, 0) is 0 Å².